The molecule has 1 fully saturated rings. The molecule has 3 aromatic rings. The second-order valence-electron chi connectivity index (χ2n) is 7.68. The highest BCUT2D eigenvalue weighted by Crippen LogP contribution is 2.27. The van der Waals surface area contributed by atoms with Gasteiger partial charge in [0, 0.05) is 24.2 Å². The zero-order chi connectivity index (χ0) is 24.3. The molecule has 170 valence electrons. The molecule has 8 heteroatoms. The molecule has 1 aliphatic rings. The number of carbonyl (C=O) groups is 1. The Labute approximate surface area is 195 Å². The maximum absolute atomic E-state index is 13.4. The second kappa shape index (κ2) is 9.51. The zero-order valence-electron chi connectivity index (χ0n) is 17.8. The molecule has 3 aromatic carbocycles. The van der Waals surface area contributed by atoms with Crippen molar-refractivity contribution in [1.82, 2.24) is 4.31 Å². The molecule has 5 nitrogen and oxygen atoms in total. The molecule has 4 rings (SSSR count). The van der Waals surface area contributed by atoms with Crippen molar-refractivity contribution < 1.29 is 22.0 Å². The van der Waals surface area contributed by atoms with Crippen LogP contribution in [-0.2, 0) is 14.8 Å². The number of benzene rings is 3. The summed E-state index contributed by atoms with van der Waals surface area (Å²) in [6.45, 7) is -0.362. The predicted molar refractivity (Wildman–Crippen MR) is 124 cm³/mol. The van der Waals surface area contributed by atoms with E-state index in [1.807, 2.05) is 6.07 Å². The van der Waals surface area contributed by atoms with E-state index in [1.165, 1.54) is 89.3 Å². The largest absolute Gasteiger partial charge is 0.289 e. The minimum absolute atomic E-state index is 0.0110. The van der Waals surface area contributed by atoms with Crippen molar-refractivity contribution in [3.05, 3.63) is 112 Å². The highest BCUT2D eigenvalue weighted by Gasteiger charge is 2.34. The fourth-order valence-electron chi connectivity index (χ4n) is 3.55. The SMILES string of the molecule is N#Cc1ccc(S(=O)(=O)N2C/C(=C\c3ccc(F)cc3)C(=O)/C(=C/c3ccc(F)cc3)C2)cc1. The Balaban J connectivity index is 1.77. The molecule has 0 radical (unpaired) electrons. The molecule has 1 aliphatic heterocycles. The van der Waals surface area contributed by atoms with Crippen LogP contribution in [0, 0.1) is 23.0 Å². The third kappa shape index (κ3) is 5.01. The monoisotopic (exact) mass is 476 g/mol. The van der Waals surface area contributed by atoms with Gasteiger partial charge in [-0.3, -0.25) is 4.79 Å². The maximum Gasteiger partial charge on any atom is 0.243 e. The van der Waals surface area contributed by atoms with Crippen LogP contribution in [0.15, 0.2) is 88.8 Å². The number of nitrogens with zero attached hydrogens (tertiary/aromatic N) is 2. The van der Waals surface area contributed by atoms with Crippen molar-refractivity contribution in [2.24, 2.45) is 0 Å². The lowest BCUT2D eigenvalue weighted by molar-refractivity contribution is -0.113. The van der Waals surface area contributed by atoms with Gasteiger partial charge >= 0.3 is 0 Å². The van der Waals surface area contributed by atoms with E-state index in [0.717, 1.165) is 0 Å². The number of rotatable bonds is 4. The third-order valence-corrected chi connectivity index (χ3v) is 7.13. The molecule has 1 saturated heterocycles. The highest BCUT2D eigenvalue weighted by atomic mass is 32.2. The van der Waals surface area contributed by atoms with Crippen LogP contribution in [0.1, 0.15) is 16.7 Å². The summed E-state index contributed by atoms with van der Waals surface area (Å²) >= 11 is 0. The standard InChI is InChI=1S/C26H18F2N2O3S/c27-23-7-1-18(2-8-23)13-21-16-30(34(32,33)25-11-5-20(15-29)6-12-25)17-22(26(21)31)14-19-3-9-24(28)10-4-19/h1-14H,16-17H2/b21-13+,22-14+. The summed E-state index contributed by atoms with van der Waals surface area (Å²) in [7, 11) is -4.00. The van der Waals surface area contributed by atoms with Crippen LogP contribution in [0.3, 0.4) is 0 Å². The van der Waals surface area contributed by atoms with Crippen LogP contribution in [0.25, 0.3) is 12.2 Å². The fraction of sp³-hybridized carbons (Fsp3) is 0.0769. The van der Waals surface area contributed by atoms with Gasteiger partial charge in [-0.2, -0.15) is 9.57 Å². The Morgan fingerprint density at radius 2 is 1.21 bits per heavy atom. The summed E-state index contributed by atoms with van der Waals surface area (Å²) in [5.74, 6) is -1.21. The third-order valence-electron chi connectivity index (χ3n) is 5.32. The molecular formula is C26H18F2N2O3S. The molecule has 0 saturated carbocycles. The molecule has 1 heterocycles. The van der Waals surface area contributed by atoms with Gasteiger partial charge in [0.1, 0.15) is 11.6 Å². The van der Waals surface area contributed by atoms with E-state index in [4.69, 9.17) is 5.26 Å². The Hall–Kier alpha value is -3.93. The van der Waals surface area contributed by atoms with E-state index in [2.05, 4.69) is 0 Å². The quantitative estimate of drug-likeness (QED) is 0.517. The first-order valence-electron chi connectivity index (χ1n) is 10.2. The number of sulfonamides is 1. The van der Waals surface area contributed by atoms with Crippen LogP contribution >= 0.6 is 0 Å². The molecule has 0 atom stereocenters. The van der Waals surface area contributed by atoms with Gasteiger partial charge in [0.2, 0.25) is 10.0 Å². The van der Waals surface area contributed by atoms with Crippen LogP contribution in [0.2, 0.25) is 0 Å². The number of piperidine rings is 1. The summed E-state index contributed by atoms with van der Waals surface area (Å²) in [4.78, 5) is 13.2. The molecule has 0 unspecified atom stereocenters. The molecule has 0 bridgehead atoms. The smallest absolute Gasteiger partial charge is 0.243 e. The predicted octanol–water partition coefficient (Wildman–Crippen LogP) is 4.58. The van der Waals surface area contributed by atoms with Gasteiger partial charge in [-0.05, 0) is 71.8 Å². The van der Waals surface area contributed by atoms with E-state index in [0.29, 0.717) is 16.7 Å². The molecule has 0 aromatic heterocycles. The Bertz CT molecular complexity index is 1370. The first kappa shape index (κ1) is 23.2. The molecular weight excluding hydrogens is 458 g/mol. The Morgan fingerprint density at radius 1 is 0.765 bits per heavy atom. The molecule has 34 heavy (non-hydrogen) atoms. The van der Waals surface area contributed by atoms with Crippen molar-refractivity contribution >= 4 is 28.0 Å². The number of carbonyl (C=O) groups excluding carboxylic acids is 1. The average molecular weight is 477 g/mol. The number of ketones is 1. The minimum atomic E-state index is -4.00. The molecule has 0 spiro atoms. The number of nitriles is 1. The van der Waals surface area contributed by atoms with Crippen LogP contribution < -0.4 is 0 Å². The first-order valence-corrected chi connectivity index (χ1v) is 11.7. The number of hydrogen-bond acceptors (Lipinski definition) is 4. The Kier molecular flexibility index (Phi) is 6.50. The summed E-state index contributed by atoms with van der Waals surface area (Å²) < 4.78 is 54.5. The zero-order valence-corrected chi connectivity index (χ0v) is 18.6. The molecule has 0 aliphatic carbocycles. The van der Waals surface area contributed by atoms with Crippen LogP contribution in [0.4, 0.5) is 8.78 Å². The van der Waals surface area contributed by atoms with E-state index < -0.39 is 21.7 Å². The van der Waals surface area contributed by atoms with Crippen LogP contribution in [-0.4, -0.2) is 31.6 Å². The van der Waals surface area contributed by atoms with Gasteiger partial charge in [0.15, 0.2) is 5.78 Å². The lowest BCUT2D eigenvalue weighted by Crippen LogP contribution is -2.41. The van der Waals surface area contributed by atoms with E-state index >= 15 is 0 Å². The lowest BCUT2D eigenvalue weighted by Gasteiger charge is -2.29. The second-order valence-corrected chi connectivity index (χ2v) is 9.62. The summed E-state index contributed by atoms with van der Waals surface area (Å²) in [6, 6.07) is 18.4. The van der Waals surface area contributed by atoms with E-state index in [1.54, 1.807) is 0 Å². The highest BCUT2D eigenvalue weighted by molar-refractivity contribution is 7.89. The first-order chi connectivity index (χ1) is 16.3. The average Bonchev–Trinajstić information content (AvgIpc) is 2.84. The van der Waals surface area contributed by atoms with Gasteiger partial charge in [0.05, 0.1) is 16.5 Å². The van der Waals surface area contributed by atoms with Crippen LogP contribution in [0.5, 0.6) is 0 Å². The van der Waals surface area contributed by atoms with Gasteiger partial charge in [0.25, 0.3) is 0 Å². The number of halogens is 2. The summed E-state index contributed by atoms with van der Waals surface area (Å²) in [6.07, 6.45) is 3.06. The van der Waals surface area contributed by atoms with Gasteiger partial charge < -0.3 is 0 Å². The topological polar surface area (TPSA) is 78.2 Å². The van der Waals surface area contributed by atoms with Crippen molar-refractivity contribution in [2.75, 3.05) is 13.1 Å². The lowest BCUT2D eigenvalue weighted by atomic mass is 9.95. The number of hydrogen-bond donors (Lipinski definition) is 0. The van der Waals surface area contributed by atoms with Crippen molar-refractivity contribution in [1.29, 1.82) is 5.26 Å². The summed E-state index contributed by atoms with van der Waals surface area (Å²) in [5, 5.41) is 8.98. The van der Waals surface area contributed by atoms with E-state index in [-0.39, 0.29) is 34.9 Å². The van der Waals surface area contributed by atoms with Crippen molar-refractivity contribution in [3.8, 4) is 6.07 Å². The minimum Gasteiger partial charge on any atom is -0.289 e. The van der Waals surface area contributed by atoms with Gasteiger partial charge in [-0.1, -0.05) is 24.3 Å². The van der Waals surface area contributed by atoms with Crippen molar-refractivity contribution in [2.45, 2.75) is 4.90 Å². The molecule has 0 N–H and O–H groups in total. The van der Waals surface area contributed by atoms with E-state index in [9.17, 15) is 22.0 Å². The fourth-order valence-corrected chi connectivity index (χ4v) is 4.95. The van der Waals surface area contributed by atoms with Gasteiger partial charge in [-0.15, -0.1) is 0 Å². The molecule has 0 amide bonds. The maximum atomic E-state index is 13.4. The van der Waals surface area contributed by atoms with Gasteiger partial charge in [-0.25, -0.2) is 17.2 Å². The summed E-state index contributed by atoms with van der Waals surface area (Å²) in [5.41, 5.74) is 1.83. The normalized spacial score (nSPS) is 17.1. The number of Topliss-reactive ketones (excluding diaryl/α,β-unsaturated/α-hetero) is 1. The van der Waals surface area contributed by atoms with Crippen molar-refractivity contribution in [3.63, 3.8) is 0 Å². The Morgan fingerprint density at radius 3 is 1.62 bits per heavy atom.